The molecular weight excluding hydrogens is 462 g/mol. The Balaban J connectivity index is 1.81. The van der Waals surface area contributed by atoms with E-state index in [1.165, 1.54) is 0 Å². The molecule has 0 bridgehead atoms. The van der Waals surface area contributed by atoms with Crippen LogP contribution in [0.25, 0.3) is 37.2 Å². The monoisotopic (exact) mass is 482 g/mol. The maximum atomic E-state index is 2.54. The predicted octanol–water partition coefficient (Wildman–Crippen LogP) is 6.78. The van der Waals surface area contributed by atoms with Gasteiger partial charge in [-0.1, -0.05) is 0 Å². The van der Waals surface area contributed by atoms with Crippen molar-refractivity contribution in [1.29, 1.82) is 0 Å². The molecule has 24 heavy (non-hydrogen) atoms. The van der Waals surface area contributed by atoms with Crippen molar-refractivity contribution in [1.82, 2.24) is 0 Å². The van der Waals surface area contributed by atoms with Gasteiger partial charge in [-0.25, -0.2) is 0 Å². The van der Waals surface area contributed by atoms with Crippen molar-refractivity contribution < 1.29 is 0 Å². The first-order valence-electron chi connectivity index (χ1n) is 8.33. The number of hydrogen-bond acceptors (Lipinski definition) is 2. The second-order valence-electron chi connectivity index (χ2n) is 7.04. The summed E-state index contributed by atoms with van der Waals surface area (Å²) in [6.45, 7) is 9.24. The predicted molar refractivity (Wildman–Crippen MR) is 114 cm³/mol. The third kappa shape index (κ3) is 2.28. The maximum absolute atomic E-state index is 2.54. The molecule has 1 aromatic carbocycles. The van der Waals surface area contributed by atoms with Crippen LogP contribution in [0.15, 0.2) is 24.3 Å². The summed E-state index contributed by atoms with van der Waals surface area (Å²) in [4.78, 5) is 3.11. The fourth-order valence-electron chi connectivity index (χ4n) is 3.20. The van der Waals surface area contributed by atoms with Gasteiger partial charge in [-0.15, -0.1) is 0 Å². The summed E-state index contributed by atoms with van der Waals surface area (Å²) in [5, 5.41) is 3.11. The van der Waals surface area contributed by atoms with E-state index in [4.69, 9.17) is 0 Å². The quantitative estimate of drug-likeness (QED) is 0.244. The van der Waals surface area contributed by atoms with Crippen molar-refractivity contribution in [2.24, 2.45) is 0 Å². The Labute approximate surface area is 161 Å². The van der Waals surface area contributed by atoms with Crippen LogP contribution in [0.3, 0.4) is 0 Å². The van der Waals surface area contributed by atoms with Crippen molar-refractivity contribution in [3.8, 4) is 0 Å². The van der Waals surface area contributed by atoms with Crippen LogP contribution in [0, 0.1) is 0 Å². The van der Waals surface area contributed by atoms with Gasteiger partial charge in [0.1, 0.15) is 0 Å². The first-order chi connectivity index (χ1) is 11.5. The molecule has 4 aromatic heterocycles. The second kappa shape index (κ2) is 5.58. The van der Waals surface area contributed by atoms with Crippen molar-refractivity contribution in [2.45, 2.75) is 39.5 Å². The molecule has 0 spiro atoms. The fourth-order valence-corrected chi connectivity index (χ4v) is 11.5. The molecule has 122 valence electrons. The van der Waals surface area contributed by atoms with Gasteiger partial charge in [0, 0.05) is 0 Å². The Morgan fingerprint density at radius 3 is 1.42 bits per heavy atom. The van der Waals surface area contributed by atoms with E-state index in [9.17, 15) is 0 Å². The van der Waals surface area contributed by atoms with Gasteiger partial charge in [-0.2, -0.15) is 0 Å². The van der Waals surface area contributed by atoms with E-state index in [0.29, 0.717) is 40.8 Å². The minimum absolute atomic E-state index is 0.497. The molecule has 0 amide bonds. The van der Waals surface area contributed by atoms with Crippen LogP contribution in [-0.2, 0) is 0 Å². The van der Waals surface area contributed by atoms with Crippen LogP contribution in [0.4, 0.5) is 0 Å². The Hall–Kier alpha value is -0.341. The van der Waals surface area contributed by atoms with Gasteiger partial charge in [0.25, 0.3) is 0 Å². The van der Waals surface area contributed by atoms with Crippen LogP contribution >= 0.6 is 22.7 Å². The van der Waals surface area contributed by atoms with Crippen molar-refractivity contribution in [3.05, 3.63) is 34.0 Å². The molecule has 0 nitrogen and oxygen atoms in total. The summed E-state index contributed by atoms with van der Waals surface area (Å²) >= 11 is 5.07. The fraction of sp³-hybridized carbons (Fsp3) is 0.300. The van der Waals surface area contributed by atoms with E-state index in [0.717, 1.165) is 0 Å². The van der Waals surface area contributed by atoms with Gasteiger partial charge in [0.15, 0.2) is 0 Å². The normalized spacial score (nSPS) is 12.9. The minimum atomic E-state index is 0.497. The number of hydrogen-bond donors (Lipinski definition) is 0. The molecule has 0 aliphatic carbocycles. The summed E-state index contributed by atoms with van der Waals surface area (Å²) in [5.41, 5.74) is 0. The van der Waals surface area contributed by atoms with Gasteiger partial charge in [-0.05, 0) is 0 Å². The van der Waals surface area contributed by atoms with E-state index in [2.05, 4.69) is 52.0 Å². The van der Waals surface area contributed by atoms with Gasteiger partial charge in [0.2, 0.25) is 0 Å². The molecule has 0 saturated carbocycles. The standard InChI is InChI=1S/C20H18S2Se2/c1-9(2)13-7-17-19(21-13)11-5-16-12(6-15(11)23-17)20-18(24-16)8-14(22-20)10(3)4/h5-10H,1-4H3. The van der Waals surface area contributed by atoms with Gasteiger partial charge in [0.05, 0.1) is 0 Å². The van der Waals surface area contributed by atoms with Gasteiger partial charge < -0.3 is 0 Å². The van der Waals surface area contributed by atoms with E-state index in [1.807, 2.05) is 22.7 Å². The molecule has 5 aromatic rings. The molecule has 0 atom stereocenters. The van der Waals surface area contributed by atoms with E-state index < -0.39 is 0 Å². The molecule has 0 radical (unpaired) electrons. The third-order valence-electron chi connectivity index (χ3n) is 4.58. The third-order valence-corrected chi connectivity index (χ3v) is 12.7. The molecule has 0 N–H and O–H groups in total. The van der Waals surface area contributed by atoms with Crippen LogP contribution in [-0.4, -0.2) is 29.0 Å². The molecule has 4 heterocycles. The van der Waals surface area contributed by atoms with Gasteiger partial charge >= 0.3 is 162 Å². The number of fused-ring (bicyclic) bond motifs is 6. The van der Waals surface area contributed by atoms with Crippen LogP contribution in [0.5, 0.6) is 0 Å². The summed E-state index contributed by atoms with van der Waals surface area (Å²) in [6.07, 6.45) is 0. The summed E-state index contributed by atoms with van der Waals surface area (Å²) in [7, 11) is 0. The first-order valence-corrected chi connectivity index (χ1v) is 13.4. The SMILES string of the molecule is CC(C)c1cc2[se]c3cc4c(cc3c2s1)[se]c1cc(C(C)C)sc14. The molecule has 0 fully saturated rings. The molecule has 0 unspecified atom stereocenters. The summed E-state index contributed by atoms with van der Waals surface area (Å²) in [5.74, 6) is 1.31. The Bertz CT molecular complexity index is 1110. The van der Waals surface area contributed by atoms with Crippen molar-refractivity contribution >= 4 is 88.9 Å². The zero-order valence-corrected chi connectivity index (χ0v) is 19.2. The molecule has 0 saturated heterocycles. The molecule has 5 rings (SSSR count). The molecular formula is C20H18S2Se2. The van der Waals surface area contributed by atoms with Crippen molar-refractivity contribution in [3.63, 3.8) is 0 Å². The average molecular weight is 480 g/mol. The molecule has 0 aliphatic rings. The summed E-state index contributed by atoms with van der Waals surface area (Å²) < 4.78 is 9.62. The Morgan fingerprint density at radius 1 is 0.625 bits per heavy atom. The topological polar surface area (TPSA) is 0 Å². The van der Waals surface area contributed by atoms with Crippen molar-refractivity contribution in [2.75, 3.05) is 0 Å². The zero-order chi connectivity index (χ0) is 16.6. The summed E-state index contributed by atoms with van der Waals surface area (Å²) in [6, 6.07) is 10.0. The van der Waals surface area contributed by atoms with Crippen LogP contribution in [0.1, 0.15) is 49.3 Å². The van der Waals surface area contributed by atoms with Gasteiger partial charge in [-0.3, -0.25) is 0 Å². The van der Waals surface area contributed by atoms with E-state index in [-0.39, 0.29) is 0 Å². The Morgan fingerprint density at radius 2 is 1.04 bits per heavy atom. The van der Waals surface area contributed by atoms with E-state index in [1.54, 1.807) is 47.0 Å². The van der Waals surface area contributed by atoms with Crippen LogP contribution in [0.2, 0.25) is 0 Å². The first kappa shape index (κ1) is 15.9. The average Bonchev–Trinajstić information content (AvgIpc) is 3.22. The molecule has 4 heteroatoms. The number of benzene rings is 1. The van der Waals surface area contributed by atoms with Crippen LogP contribution < -0.4 is 0 Å². The Kier molecular flexibility index (Phi) is 3.69. The van der Waals surface area contributed by atoms with E-state index >= 15 is 0 Å². The number of thiophene rings is 2. The second-order valence-corrected chi connectivity index (χ2v) is 13.8. The number of rotatable bonds is 2. The molecule has 0 aliphatic heterocycles. The zero-order valence-electron chi connectivity index (χ0n) is 14.1.